The number of aryl methyl sites for hydroxylation is 3. The molecule has 4 aromatic carbocycles. The van der Waals surface area contributed by atoms with Crippen LogP contribution < -0.4 is 4.90 Å². The maximum atomic E-state index is 2.42. The number of anilines is 3. The number of benzene rings is 4. The molecule has 0 aliphatic rings. The van der Waals surface area contributed by atoms with Crippen LogP contribution in [-0.4, -0.2) is 0 Å². The zero-order valence-electron chi connectivity index (χ0n) is 17.0. The molecule has 0 bridgehead atoms. The summed E-state index contributed by atoms with van der Waals surface area (Å²) in [4.78, 5) is 2.34. The molecule has 0 heterocycles. The molecular formula is C27H24IN. The van der Waals surface area contributed by atoms with Gasteiger partial charge in [0.2, 0.25) is 0 Å². The lowest BCUT2D eigenvalue weighted by Gasteiger charge is -2.27. The molecule has 0 atom stereocenters. The maximum Gasteiger partial charge on any atom is 0.0472 e. The molecule has 0 saturated heterocycles. The highest BCUT2D eigenvalue weighted by molar-refractivity contribution is 14.1. The van der Waals surface area contributed by atoms with Gasteiger partial charge in [-0.2, -0.15) is 0 Å². The first-order chi connectivity index (χ1) is 14.0. The zero-order chi connectivity index (χ0) is 20.4. The summed E-state index contributed by atoms with van der Waals surface area (Å²) in [6, 6.07) is 32.7. The SMILES string of the molecule is Cc1ccc(N(c2ccc(-c3ccccc3)cc2)c2ccc(C)c(I)c2)cc1C. The van der Waals surface area contributed by atoms with Crippen LogP contribution in [0, 0.1) is 24.3 Å². The summed E-state index contributed by atoms with van der Waals surface area (Å²) in [7, 11) is 0. The monoisotopic (exact) mass is 489 g/mol. The fourth-order valence-corrected chi connectivity index (χ4v) is 3.97. The van der Waals surface area contributed by atoms with Gasteiger partial charge in [0.25, 0.3) is 0 Å². The molecule has 0 amide bonds. The van der Waals surface area contributed by atoms with Gasteiger partial charge >= 0.3 is 0 Å². The normalized spacial score (nSPS) is 10.8. The summed E-state index contributed by atoms with van der Waals surface area (Å²) in [5.74, 6) is 0. The topological polar surface area (TPSA) is 3.24 Å². The van der Waals surface area contributed by atoms with E-state index in [1.807, 2.05) is 0 Å². The second-order valence-corrected chi connectivity index (χ2v) is 8.61. The standard InChI is InChI=1S/C27H24IN/c1-19-9-13-25(17-21(19)3)29(26-14-10-20(2)27(28)18-26)24-15-11-23(12-16-24)22-7-5-4-6-8-22/h4-18H,1-3H3. The Morgan fingerprint density at radius 3 is 1.69 bits per heavy atom. The first-order valence-corrected chi connectivity index (χ1v) is 10.9. The minimum Gasteiger partial charge on any atom is -0.310 e. The highest BCUT2D eigenvalue weighted by atomic mass is 127. The minimum atomic E-state index is 1.16. The van der Waals surface area contributed by atoms with Crippen molar-refractivity contribution in [2.24, 2.45) is 0 Å². The van der Waals surface area contributed by atoms with E-state index in [2.05, 4.69) is 139 Å². The van der Waals surface area contributed by atoms with E-state index in [0.29, 0.717) is 0 Å². The lowest BCUT2D eigenvalue weighted by molar-refractivity contribution is 1.24. The number of halogens is 1. The van der Waals surface area contributed by atoms with Crippen molar-refractivity contribution >= 4 is 39.7 Å². The van der Waals surface area contributed by atoms with Gasteiger partial charge in [0.05, 0.1) is 0 Å². The van der Waals surface area contributed by atoms with Crippen molar-refractivity contribution in [3.8, 4) is 11.1 Å². The lowest BCUT2D eigenvalue weighted by atomic mass is 10.0. The van der Waals surface area contributed by atoms with Crippen LogP contribution in [0.25, 0.3) is 11.1 Å². The third-order valence-electron chi connectivity index (χ3n) is 5.39. The highest BCUT2D eigenvalue weighted by Crippen LogP contribution is 2.37. The van der Waals surface area contributed by atoms with Crippen LogP contribution in [0.5, 0.6) is 0 Å². The Labute approximate surface area is 187 Å². The second-order valence-electron chi connectivity index (χ2n) is 7.45. The summed E-state index contributed by atoms with van der Waals surface area (Å²) in [6.45, 7) is 6.49. The van der Waals surface area contributed by atoms with Gasteiger partial charge in [0, 0.05) is 20.6 Å². The Morgan fingerprint density at radius 1 is 0.517 bits per heavy atom. The third-order valence-corrected chi connectivity index (χ3v) is 6.56. The summed E-state index contributed by atoms with van der Waals surface area (Å²) in [6.07, 6.45) is 0. The van der Waals surface area contributed by atoms with E-state index in [9.17, 15) is 0 Å². The average Bonchev–Trinajstić information content (AvgIpc) is 2.74. The molecule has 0 saturated carbocycles. The van der Waals surface area contributed by atoms with Crippen molar-refractivity contribution in [1.82, 2.24) is 0 Å². The van der Waals surface area contributed by atoms with Crippen molar-refractivity contribution in [1.29, 1.82) is 0 Å². The van der Waals surface area contributed by atoms with Crippen LogP contribution in [0.2, 0.25) is 0 Å². The van der Waals surface area contributed by atoms with Crippen molar-refractivity contribution < 1.29 is 0 Å². The van der Waals surface area contributed by atoms with Crippen molar-refractivity contribution in [2.75, 3.05) is 4.90 Å². The van der Waals surface area contributed by atoms with E-state index in [1.54, 1.807) is 0 Å². The second kappa shape index (κ2) is 8.42. The predicted molar refractivity (Wildman–Crippen MR) is 133 cm³/mol. The Bertz CT molecular complexity index is 1080. The zero-order valence-corrected chi connectivity index (χ0v) is 19.1. The van der Waals surface area contributed by atoms with Gasteiger partial charge in [-0.3, -0.25) is 0 Å². The van der Waals surface area contributed by atoms with Crippen molar-refractivity contribution in [2.45, 2.75) is 20.8 Å². The summed E-state index contributed by atoms with van der Waals surface area (Å²) >= 11 is 2.42. The van der Waals surface area contributed by atoms with Crippen LogP contribution in [0.4, 0.5) is 17.1 Å². The summed E-state index contributed by atoms with van der Waals surface area (Å²) in [5, 5.41) is 0. The van der Waals surface area contributed by atoms with Crippen LogP contribution in [0.3, 0.4) is 0 Å². The van der Waals surface area contributed by atoms with Gasteiger partial charge in [-0.1, -0.05) is 54.6 Å². The number of hydrogen-bond donors (Lipinski definition) is 0. The van der Waals surface area contributed by atoms with Crippen LogP contribution in [0.1, 0.15) is 16.7 Å². The van der Waals surface area contributed by atoms with E-state index in [4.69, 9.17) is 0 Å². The maximum absolute atomic E-state index is 2.42. The van der Waals surface area contributed by atoms with E-state index in [-0.39, 0.29) is 0 Å². The predicted octanol–water partition coefficient (Wildman–Crippen LogP) is 8.35. The first-order valence-electron chi connectivity index (χ1n) is 9.82. The van der Waals surface area contributed by atoms with Crippen LogP contribution in [0.15, 0.2) is 91.0 Å². The van der Waals surface area contributed by atoms with Gasteiger partial charge in [0.15, 0.2) is 0 Å². The van der Waals surface area contributed by atoms with Crippen molar-refractivity contribution in [3.05, 3.63) is 111 Å². The summed E-state index contributed by atoms with van der Waals surface area (Å²) < 4.78 is 1.27. The molecule has 29 heavy (non-hydrogen) atoms. The van der Waals surface area contributed by atoms with Crippen LogP contribution in [-0.2, 0) is 0 Å². The third kappa shape index (κ3) is 4.23. The molecule has 4 rings (SSSR count). The fourth-order valence-electron chi connectivity index (χ4n) is 3.47. The molecule has 0 aliphatic heterocycles. The molecule has 0 unspecified atom stereocenters. The molecular weight excluding hydrogens is 465 g/mol. The van der Waals surface area contributed by atoms with E-state index in [0.717, 1.165) is 5.69 Å². The molecule has 4 aromatic rings. The minimum absolute atomic E-state index is 1.16. The Hall–Kier alpha value is -2.59. The number of nitrogens with zero attached hydrogens (tertiary/aromatic N) is 1. The van der Waals surface area contributed by atoms with Crippen molar-refractivity contribution in [3.63, 3.8) is 0 Å². The average molecular weight is 489 g/mol. The fraction of sp³-hybridized carbons (Fsp3) is 0.111. The van der Waals surface area contributed by atoms with E-state index in [1.165, 1.54) is 42.8 Å². The van der Waals surface area contributed by atoms with Gasteiger partial charge in [0.1, 0.15) is 0 Å². The lowest BCUT2D eigenvalue weighted by Crippen LogP contribution is -2.10. The molecule has 2 heteroatoms. The van der Waals surface area contributed by atoms with E-state index < -0.39 is 0 Å². The van der Waals surface area contributed by atoms with E-state index >= 15 is 0 Å². The first kappa shape index (κ1) is 19.7. The molecule has 0 N–H and O–H groups in total. The molecule has 0 spiro atoms. The molecule has 0 aliphatic carbocycles. The summed E-state index contributed by atoms with van der Waals surface area (Å²) in [5.41, 5.74) is 9.90. The Kier molecular flexibility index (Phi) is 5.72. The van der Waals surface area contributed by atoms with Crippen LogP contribution >= 0.6 is 22.6 Å². The van der Waals surface area contributed by atoms with Gasteiger partial charge in [-0.15, -0.1) is 0 Å². The Balaban J connectivity index is 1.81. The molecule has 0 radical (unpaired) electrons. The number of rotatable bonds is 4. The largest absolute Gasteiger partial charge is 0.310 e. The van der Waals surface area contributed by atoms with Gasteiger partial charge in [-0.05, 0) is 108 Å². The highest BCUT2D eigenvalue weighted by Gasteiger charge is 2.14. The molecule has 1 nitrogen and oxygen atoms in total. The molecule has 0 aromatic heterocycles. The van der Waals surface area contributed by atoms with Gasteiger partial charge < -0.3 is 4.90 Å². The molecule has 144 valence electrons. The smallest absolute Gasteiger partial charge is 0.0472 e. The number of hydrogen-bond acceptors (Lipinski definition) is 1. The quantitative estimate of drug-likeness (QED) is 0.261. The van der Waals surface area contributed by atoms with Gasteiger partial charge in [-0.25, -0.2) is 0 Å². The molecule has 0 fully saturated rings. The Morgan fingerprint density at radius 2 is 1.07 bits per heavy atom.